The Morgan fingerprint density at radius 1 is 1.22 bits per heavy atom. The number of rotatable bonds is 5. The SMILES string of the molecule is Cc1ccccc1CC(=O)N(C)[C@@H](C)c1cccc([N+](=O)[O-])c1. The van der Waals surface area contributed by atoms with Crippen molar-refractivity contribution in [3.63, 3.8) is 0 Å². The summed E-state index contributed by atoms with van der Waals surface area (Å²) in [5, 5.41) is 10.9. The summed E-state index contributed by atoms with van der Waals surface area (Å²) in [5.41, 5.74) is 2.86. The Labute approximate surface area is 135 Å². The molecular weight excluding hydrogens is 292 g/mol. The van der Waals surface area contributed by atoms with Crippen LogP contribution in [0.4, 0.5) is 5.69 Å². The van der Waals surface area contributed by atoms with Gasteiger partial charge in [0.05, 0.1) is 17.4 Å². The van der Waals surface area contributed by atoms with Gasteiger partial charge in [-0.05, 0) is 30.5 Å². The number of hydrogen-bond acceptors (Lipinski definition) is 3. The van der Waals surface area contributed by atoms with Crippen LogP contribution in [0.1, 0.15) is 29.7 Å². The van der Waals surface area contributed by atoms with Crippen molar-refractivity contribution in [3.05, 3.63) is 75.3 Å². The van der Waals surface area contributed by atoms with Crippen LogP contribution >= 0.6 is 0 Å². The van der Waals surface area contributed by atoms with E-state index in [1.807, 2.05) is 38.1 Å². The molecule has 0 aliphatic carbocycles. The van der Waals surface area contributed by atoms with E-state index in [-0.39, 0.29) is 17.6 Å². The van der Waals surface area contributed by atoms with Crippen molar-refractivity contribution in [1.82, 2.24) is 4.90 Å². The number of likely N-dealkylation sites (N-methyl/N-ethyl adjacent to an activating group) is 1. The van der Waals surface area contributed by atoms with E-state index >= 15 is 0 Å². The van der Waals surface area contributed by atoms with Gasteiger partial charge < -0.3 is 4.90 Å². The molecule has 1 atom stereocenters. The maximum absolute atomic E-state index is 12.5. The minimum absolute atomic E-state index is 0.0155. The van der Waals surface area contributed by atoms with Crippen LogP contribution in [0.3, 0.4) is 0 Å². The first kappa shape index (κ1) is 16.7. The smallest absolute Gasteiger partial charge is 0.269 e. The fourth-order valence-corrected chi connectivity index (χ4v) is 2.43. The van der Waals surface area contributed by atoms with Gasteiger partial charge >= 0.3 is 0 Å². The number of carbonyl (C=O) groups excluding carboxylic acids is 1. The number of amides is 1. The first-order valence-electron chi connectivity index (χ1n) is 7.44. The van der Waals surface area contributed by atoms with Crippen molar-refractivity contribution in [2.45, 2.75) is 26.3 Å². The lowest BCUT2D eigenvalue weighted by molar-refractivity contribution is -0.384. The molecule has 0 bridgehead atoms. The topological polar surface area (TPSA) is 63.5 Å². The fraction of sp³-hybridized carbons (Fsp3) is 0.278. The highest BCUT2D eigenvalue weighted by atomic mass is 16.6. The minimum Gasteiger partial charge on any atom is -0.339 e. The first-order valence-corrected chi connectivity index (χ1v) is 7.44. The third-order valence-corrected chi connectivity index (χ3v) is 4.14. The Hall–Kier alpha value is -2.69. The van der Waals surface area contributed by atoms with Gasteiger partial charge in [0, 0.05) is 19.2 Å². The molecule has 0 saturated carbocycles. The molecule has 23 heavy (non-hydrogen) atoms. The summed E-state index contributed by atoms with van der Waals surface area (Å²) in [7, 11) is 1.73. The molecule has 2 aromatic rings. The van der Waals surface area contributed by atoms with E-state index < -0.39 is 4.92 Å². The quantitative estimate of drug-likeness (QED) is 0.625. The largest absolute Gasteiger partial charge is 0.339 e. The zero-order chi connectivity index (χ0) is 17.0. The van der Waals surface area contributed by atoms with Crippen LogP contribution in [0.15, 0.2) is 48.5 Å². The van der Waals surface area contributed by atoms with Crippen LogP contribution in [0.5, 0.6) is 0 Å². The monoisotopic (exact) mass is 312 g/mol. The van der Waals surface area contributed by atoms with Gasteiger partial charge in [0.15, 0.2) is 0 Å². The van der Waals surface area contributed by atoms with Crippen LogP contribution in [-0.4, -0.2) is 22.8 Å². The highest BCUT2D eigenvalue weighted by molar-refractivity contribution is 5.79. The van der Waals surface area contributed by atoms with Crippen molar-refractivity contribution in [1.29, 1.82) is 0 Å². The second-order valence-corrected chi connectivity index (χ2v) is 5.64. The molecule has 5 nitrogen and oxygen atoms in total. The second-order valence-electron chi connectivity index (χ2n) is 5.64. The number of benzene rings is 2. The van der Waals surface area contributed by atoms with Crippen LogP contribution in [0.2, 0.25) is 0 Å². The molecule has 1 amide bonds. The summed E-state index contributed by atoms with van der Waals surface area (Å²) in [6, 6.07) is 14.0. The van der Waals surface area contributed by atoms with Crippen LogP contribution in [0.25, 0.3) is 0 Å². The maximum Gasteiger partial charge on any atom is 0.269 e. The van der Waals surface area contributed by atoms with Gasteiger partial charge in [0.25, 0.3) is 5.69 Å². The van der Waals surface area contributed by atoms with E-state index in [9.17, 15) is 14.9 Å². The van der Waals surface area contributed by atoms with E-state index in [2.05, 4.69) is 0 Å². The summed E-state index contributed by atoms with van der Waals surface area (Å²) >= 11 is 0. The molecule has 0 N–H and O–H groups in total. The highest BCUT2D eigenvalue weighted by Crippen LogP contribution is 2.23. The number of nitrogens with zero attached hydrogens (tertiary/aromatic N) is 2. The predicted octanol–water partition coefficient (Wildman–Crippen LogP) is 3.67. The van der Waals surface area contributed by atoms with Crippen molar-refractivity contribution >= 4 is 11.6 Å². The molecule has 2 aromatic carbocycles. The molecule has 0 aliphatic rings. The first-order chi connectivity index (χ1) is 10.9. The molecule has 0 saturated heterocycles. The Morgan fingerprint density at radius 2 is 1.91 bits per heavy atom. The van der Waals surface area contributed by atoms with Gasteiger partial charge in [-0.1, -0.05) is 36.4 Å². The van der Waals surface area contributed by atoms with Crippen LogP contribution < -0.4 is 0 Å². The molecule has 0 aliphatic heterocycles. The Morgan fingerprint density at radius 3 is 2.57 bits per heavy atom. The van der Waals surface area contributed by atoms with Gasteiger partial charge in [-0.2, -0.15) is 0 Å². The molecule has 120 valence electrons. The van der Waals surface area contributed by atoms with Crippen LogP contribution in [0, 0.1) is 17.0 Å². The van der Waals surface area contributed by atoms with Crippen molar-refractivity contribution in [2.75, 3.05) is 7.05 Å². The van der Waals surface area contributed by atoms with Gasteiger partial charge in [-0.25, -0.2) is 0 Å². The fourth-order valence-electron chi connectivity index (χ4n) is 2.43. The maximum atomic E-state index is 12.5. The Kier molecular flexibility index (Phi) is 5.11. The molecule has 5 heteroatoms. The molecule has 0 aromatic heterocycles. The summed E-state index contributed by atoms with van der Waals surface area (Å²) < 4.78 is 0. The third-order valence-electron chi connectivity index (χ3n) is 4.14. The number of nitro benzene ring substituents is 1. The average Bonchev–Trinajstić information content (AvgIpc) is 2.55. The zero-order valence-electron chi connectivity index (χ0n) is 13.5. The highest BCUT2D eigenvalue weighted by Gasteiger charge is 2.19. The molecule has 0 heterocycles. The van der Waals surface area contributed by atoms with Gasteiger partial charge in [0.2, 0.25) is 5.91 Å². The number of hydrogen-bond donors (Lipinski definition) is 0. The van der Waals surface area contributed by atoms with E-state index in [1.54, 1.807) is 24.1 Å². The van der Waals surface area contributed by atoms with E-state index in [0.717, 1.165) is 16.7 Å². The van der Waals surface area contributed by atoms with Gasteiger partial charge in [-0.3, -0.25) is 14.9 Å². The van der Waals surface area contributed by atoms with Gasteiger partial charge in [0.1, 0.15) is 0 Å². The number of carbonyl (C=O) groups is 1. The summed E-state index contributed by atoms with van der Waals surface area (Å²) in [6.07, 6.45) is 0.322. The van der Waals surface area contributed by atoms with Crippen molar-refractivity contribution in [3.8, 4) is 0 Å². The van der Waals surface area contributed by atoms with E-state index in [1.165, 1.54) is 12.1 Å². The Bertz CT molecular complexity index is 728. The minimum atomic E-state index is -0.425. The van der Waals surface area contributed by atoms with Crippen molar-refractivity contribution < 1.29 is 9.72 Å². The van der Waals surface area contributed by atoms with E-state index in [4.69, 9.17) is 0 Å². The Balaban J connectivity index is 2.14. The normalized spacial score (nSPS) is 11.8. The van der Waals surface area contributed by atoms with Gasteiger partial charge in [-0.15, -0.1) is 0 Å². The summed E-state index contributed by atoms with van der Waals surface area (Å²) in [4.78, 5) is 24.6. The van der Waals surface area contributed by atoms with Crippen LogP contribution in [-0.2, 0) is 11.2 Å². The zero-order valence-corrected chi connectivity index (χ0v) is 13.5. The molecule has 0 fully saturated rings. The number of non-ortho nitro benzene ring substituents is 1. The predicted molar refractivity (Wildman–Crippen MR) is 89.2 cm³/mol. The van der Waals surface area contributed by atoms with E-state index in [0.29, 0.717) is 6.42 Å². The molecule has 0 spiro atoms. The molecular formula is C18H20N2O3. The standard InChI is InChI=1S/C18H20N2O3/c1-13-7-4-5-8-15(13)12-18(21)19(3)14(2)16-9-6-10-17(11-16)20(22)23/h4-11,14H,12H2,1-3H3/t14-/m0/s1. The number of nitro groups is 1. The summed E-state index contributed by atoms with van der Waals surface area (Å²) in [5.74, 6) is -0.0155. The molecule has 0 unspecified atom stereocenters. The average molecular weight is 312 g/mol. The third kappa shape index (κ3) is 3.94. The lowest BCUT2D eigenvalue weighted by Crippen LogP contribution is -2.31. The summed E-state index contributed by atoms with van der Waals surface area (Å²) in [6.45, 7) is 3.85. The molecule has 0 radical (unpaired) electrons. The second kappa shape index (κ2) is 7.05. The molecule has 2 rings (SSSR count). The number of aryl methyl sites for hydroxylation is 1. The lowest BCUT2D eigenvalue weighted by Gasteiger charge is -2.25. The lowest BCUT2D eigenvalue weighted by atomic mass is 10.0. The van der Waals surface area contributed by atoms with Crippen molar-refractivity contribution in [2.24, 2.45) is 0 Å².